The standard InChI is InChI=1S/C14H27N3O3/c1-4-17-6-5-11(9-17)7-15-14(20)16-8-12(10(2)3)13(18)19/h10-12H,4-9H2,1-3H3,(H,18,19)(H2,15,16,20). The van der Waals surface area contributed by atoms with Crippen molar-refractivity contribution in [3.05, 3.63) is 0 Å². The van der Waals surface area contributed by atoms with Gasteiger partial charge in [0.15, 0.2) is 0 Å². The van der Waals surface area contributed by atoms with Gasteiger partial charge in [0.2, 0.25) is 0 Å². The Balaban J connectivity index is 2.22. The number of aliphatic carboxylic acids is 1. The van der Waals surface area contributed by atoms with Crippen molar-refractivity contribution in [2.45, 2.75) is 27.2 Å². The average molecular weight is 285 g/mol. The topological polar surface area (TPSA) is 81.7 Å². The van der Waals surface area contributed by atoms with Crippen LogP contribution in [-0.4, -0.2) is 54.7 Å². The number of hydrogen-bond acceptors (Lipinski definition) is 3. The lowest BCUT2D eigenvalue weighted by molar-refractivity contribution is -0.142. The minimum Gasteiger partial charge on any atom is -0.481 e. The van der Waals surface area contributed by atoms with Gasteiger partial charge >= 0.3 is 12.0 Å². The summed E-state index contributed by atoms with van der Waals surface area (Å²) in [6.45, 7) is 9.83. The highest BCUT2D eigenvalue weighted by Crippen LogP contribution is 2.14. The molecule has 116 valence electrons. The maximum atomic E-state index is 11.7. The van der Waals surface area contributed by atoms with Crippen molar-refractivity contribution in [3.8, 4) is 0 Å². The molecule has 1 aliphatic heterocycles. The summed E-state index contributed by atoms with van der Waals surface area (Å²) in [5.41, 5.74) is 0. The number of carbonyl (C=O) groups is 2. The van der Waals surface area contributed by atoms with E-state index in [1.54, 1.807) is 0 Å². The Kier molecular flexibility index (Phi) is 6.78. The maximum absolute atomic E-state index is 11.7. The number of nitrogens with one attached hydrogen (secondary N) is 2. The smallest absolute Gasteiger partial charge is 0.314 e. The Hall–Kier alpha value is -1.30. The largest absolute Gasteiger partial charge is 0.481 e. The molecule has 0 aromatic carbocycles. The van der Waals surface area contributed by atoms with Crippen molar-refractivity contribution in [1.29, 1.82) is 0 Å². The second-order valence-electron chi connectivity index (χ2n) is 5.83. The molecule has 0 radical (unpaired) electrons. The minimum atomic E-state index is -0.866. The molecule has 1 heterocycles. The number of urea groups is 1. The van der Waals surface area contributed by atoms with Crippen LogP contribution in [0.25, 0.3) is 0 Å². The number of rotatable bonds is 7. The molecule has 2 atom stereocenters. The average Bonchev–Trinajstić information content (AvgIpc) is 2.83. The summed E-state index contributed by atoms with van der Waals surface area (Å²) < 4.78 is 0. The Morgan fingerprint density at radius 1 is 1.35 bits per heavy atom. The number of amides is 2. The van der Waals surface area contributed by atoms with E-state index in [4.69, 9.17) is 5.11 Å². The zero-order valence-electron chi connectivity index (χ0n) is 12.7. The highest BCUT2D eigenvalue weighted by molar-refractivity contribution is 5.75. The van der Waals surface area contributed by atoms with Crippen LogP contribution in [0.3, 0.4) is 0 Å². The first-order valence-corrected chi connectivity index (χ1v) is 7.40. The Bertz CT molecular complexity index is 334. The van der Waals surface area contributed by atoms with E-state index in [1.807, 2.05) is 13.8 Å². The van der Waals surface area contributed by atoms with Gasteiger partial charge in [-0.2, -0.15) is 0 Å². The van der Waals surface area contributed by atoms with Crippen molar-refractivity contribution in [2.75, 3.05) is 32.7 Å². The number of carbonyl (C=O) groups excluding carboxylic acids is 1. The molecule has 1 rings (SSSR count). The summed E-state index contributed by atoms with van der Waals surface area (Å²) >= 11 is 0. The minimum absolute atomic E-state index is 0.000689. The fourth-order valence-electron chi connectivity index (χ4n) is 2.48. The first kappa shape index (κ1) is 16.8. The lowest BCUT2D eigenvalue weighted by Crippen LogP contribution is -2.43. The monoisotopic (exact) mass is 285 g/mol. The molecule has 3 N–H and O–H groups in total. The van der Waals surface area contributed by atoms with Gasteiger partial charge in [0, 0.05) is 19.6 Å². The second kappa shape index (κ2) is 8.09. The molecule has 0 saturated carbocycles. The molecule has 2 amide bonds. The van der Waals surface area contributed by atoms with Gasteiger partial charge in [0.25, 0.3) is 0 Å². The van der Waals surface area contributed by atoms with Gasteiger partial charge in [-0.1, -0.05) is 20.8 Å². The van der Waals surface area contributed by atoms with Crippen molar-refractivity contribution >= 4 is 12.0 Å². The number of likely N-dealkylation sites (tertiary alicyclic amines) is 1. The van der Waals surface area contributed by atoms with Gasteiger partial charge in [-0.05, 0) is 31.3 Å². The summed E-state index contributed by atoms with van der Waals surface area (Å²) in [5.74, 6) is -0.903. The van der Waals surface area contributed by atoms with Gasteiger partial charge < -0.3 is 20.6 Å². The second-order valence-corrected chi connectivity index (χ2v) is 5.83. The highest BCUT2D eigenvalue weighted by atomic mass is 16.4. The summed E-state index contributed by atoms with van der Waals surface area (Å²) in [6, 6.07) is -0.271. The van der Waals surface area contributed by atoms with Gasteiger partial charge in [-0.25, -0.2) is 4.79 Å². The molecule has 0 bridgehead atoms. The quantitative estimate of drug-likeness (QED) is 0.651. The molecular formula is C14H27N3O3. The van der Waals surface area contributed by atoms with Crippen LogP contribution in [0, 0.1) is 17.8 Å². The summed E-state index contributed by atoms with van der Waals surface area (Å²) in [6.07, 6.45) is 1.11. The van der Waals surface area contributed by atoms with E-state index >= 15 is 0 Å². The molecule has 6 nitrogen and oxygen atoms in total. The van der Waals surface area contributed by atoms with Crippen LogP contribution in [-0.2, 0) is 4.79 Å². The van der Waals surface area contributed by atoms with Crippen molar-refractivity contribution < 1.29 is 14.7 Å². The van der Waals surface area contributed by atoms with E-state index < -0.39 is 11.9 Å². The number of hydrogen-bond donors (Lipinski definition) is 3. The van der Waals surface area contributed by atoms with Gasteiger partial charge in [-0.15, -0.1) is 0 Å². The predicted octanol–water partition coefficient (Wildman–Crippen LogP) is 0.984. The van der Waals surface area contributed by atoms with Crippen LogP contribution in [0.4, 0.5) is 4.79 Å². The van der Waals surface area contributed by atoms with Crippen LogP contribution in [0.15, 0.2) is 0 Å². The van der Waals surface area contributed by atoms with Crippen molar-refractivity contribution in [3.63, 3.8) is 0 Å². The molecule has 1 aliphatic rings. The molecule has 2 unspecified atom stereocenters. The summed E-state index contributed by atoms with van der Waals surface area (Å²) in [5, 5.41) is 14.5. The third-order valence-corrected chi connectivity index (χ3v) is 3.97. The molecule has 0 aliphatic carbocycles. The van der Waals surface area contributed by atoms with Gasteiger partial charge in [0.05, 0.1) is 5.92 Å². The Morgan fingerprint density at radius 3 is 2.55 bits per heavy atom. The maximum Gasteiger partial charge on any atom is 0.314 e. The van der Waals surface area contributed by atoms with Gasteiger partial charge in [-0.3, -0.25) is 4.79 Å². The SMILES string of the molecule is CCN1CCC(CNC(=O)NCC(C(=O)O)C(C)C)C1. The lowest BCUT2D eigenvalue weighted by Gasteiger charge is -2.18. The van der Waals surface area contributed by atoms with Crippen LogP contribution in [0.1, 0.15) is 27.2 Å². The molecular weight excluding hydrogens is 258 g/mol. The molecule has 1 fully saturated rings. The molecule has 0 aromatic heterocycles. The van der Waals surface area contributed by atoms with Gasteiger partial charge in [0.1, 0.15) is 0 Å². The predicted molar refractivity (Wildman–Crippen MR) is 77.6 cm³/mol. The van der Waals surface area contributed by atoms with E-state index in [9.17, 15) is 9.59 Å². The van der Waals surface area contributed by atoms with E-state index in [0.29, 0.717) is 12.5 Å². The van der Waals surface area contributed by atoms with Crippen LogP contribution >= 0.6 is 0 Å². The highest BCUT2D eigenvalue weighted by Gasteiger charge is 2.23. The van der Waals surface area contributed by atoms with E-state index in [0.717, 1.165) is 26.1 Å². The fraction of sp³-hybridized carbons (Fsp3) is 0.857. The summed E-state index contributed by atoms with van der Waals surface area (Å²) in [7, 11) is 0. The zero-order chi connectivity index (χ0) is 15.1. The molecule has 0 aromatic rings. The molecule has 0 spiro atoms. The van der Waals surface area contributed by atoms with E-state index in [-0.39, 0.29) is 18.5 Å². The lowest BCUT2D eigenvalue weighted by atomic mass is 9.96. The molecule has 1 saturated heterocycles. The Labute approximate surface area is 120 Å². The molecule has 6 heteroatoms. The van der Waals surface area contributed by atoms with E-state index in [2.05, 4.69) is 22.5 Å². The van der Waals surface area contributed by atoms with Crippen LogP contribution < -0.4 is 10.6 Å². The molecule has 20 heavy (non-hydrogen) atoms. The number of nitrogens with zero attached hydrogens (tertiary/aromatic N) is 1. The Morgan fingerprint density at radius 2 is 2.05 bits per heavy atom. The number of carboxylic acids is 1. The van der Waals surface area contributed by atoms with Crippen molar-refractivity contribution in [2.24, 2.45) is 17.8 Å². The van der Waals surface area contributed by atoms with Crippen LogP contribution in [0.5, 0.6) is 0 Å². The zero-order valence-corrected chi connectivity index (χ0v) is 12.7. The summed E-state index contributed by atoms with van der Waals surface area (Å²) in [4.78, 5) is 25.0. The third kappa shape index (κ3) is 5.36. The number of carboxylic acid groups (broad SMARTS) is 1. The third-order valence-electron chi connectivity index (χ3n) is 3.97. The van der Waals surface area contributed by atoms with Crippen LogP contribution in [0.2, 0.25) is 0 Å². The first-order chi connectivity index (χ1) is 9.43. The normalized spacial score (nSPS) is 20.9. The van der Waals surface area contributed by atoms with Crippen molar-refractivity contribution in [1.82, 2.24) is 15.5 Å². The fourth-order valence-corrected chi connectivity index (χ4v) is 2.48. The first-order valence-electron chi connectivity index (χ1n) is 7.40. The van der Waals surface area contributed by atoms with E-state index in [1.165, 1.54) is 0 Å².